The molecule has 4 heteroatoms. The Hall–Kier alpha value is -1.84. The summed E-state index contributed by atoms with van der Waals surface area (Å²) in [6.07, 6.45) is 2.25. The van der Waals surface area contributed by atoms with Crippen molar-refractivity contribution >= 4 is 11.9 Å². The Kier molecular flexibility index (Phi) is 6.77. The molecule has 1 atom stereocenters. The number of hydrogen-bond acceptors (Lipinski definition) is 2. The molecule has 0 aromatic heterocycles. The third kappa shape index (κ3) is 5.03. The van der Waals surface area contributed by atoms with Gasteiger partial charge in [-0.3, -0.25) is 9.59 Å². The number of carbonyl (C=O) groups is 2. The van der Waals surface area contributed by atoms with Gasteiger partial charge in [-0.05, 0) is 18.9 Å². The highest BCUT2D eigenvalue weighted by atomic mass is 16.4. The van der Waals surface area contributed by atoms with Crippen molar-refractivity contribution in [1.82, 2.24) is 4.90 Å². The highest BCUT2D eigenvalue weighted by Gasteiger charge is 2.21. The standard InChI is InChI=1S/C16H23NO3/c1-3-4-10-15(18)17(12-11-16(19)20)13(2)14-8-6-5-7-9-14/h5-9,13H,3-4,10-12H2,1-2H3,(H,19,20). The van der Waals surface area contributed by atoms with Crippen molar-refractivity contribution in [3.63, 3.8) is 0 Å². The minimum Gasteiger partial charge on any atom is -0.481 e. The minimum atomic E-state index is -0.876. The normalized spacial score (nSPS) is 11.9. The second-order valence-corrected chi connectivity index (χ2v) is 4.92. The third-order valence-corrected chi connectivity index (χ3v) is 3.38. The Morgan fingerprint density at radius 3 is 2.40 bits per heavy atom. The van der Waals surface area contributed by atoms with Crippen LogP contribution in [-0.4, -0.2) is 28.4 Å². The highest BCUT2D eigenvalue weighted by Crippen LogP contribution is 2.21. The topological polar surface area (TPSA) is 57.6 Å². The van der Waals surface area contributed by atoms with Crippen LogP contribution in [0.3, 0.4) is 0 Å². The van der Waals surface area contributed by atoms with Gasteiger partial charge in [0, 0.05) is 13.0 Å². The number of carboxylic acids is 1. The van der Waals surface area contributed by atoms with Gasteiger partial charge in [0.05, 0.1) is 12.5 Å². The maximum Gasteiger partial charge on any atom is 0.305 e. The molecule has 1 aromatic rings. The summed E-state index contributed by atoms with van der Waals surface area (Å²) in [4.78, 5) is 24.7. The fourth-order valence-corrected chi connectivity index (χ4v) is 2.13. The molecule has 0 heterocycles. The van der Waals surface area contributed by atoms with Crippen LogP contribution in [0, 0.1) is 0 Å². The van der Waals surface area contributed by atoms with Gasteiger partial charge in [-0.25, -0.2) is 0 Å². The van der Waals surface area contributed by atoms with E-state index in [0.717, 1.165) is 18.4 Å². The Balaban J connectivity index is 2.80. The average molecular weight is 277 g/mol. The summed E-state index contributed by atoms with van der Waals surface area (Å²) in [5.74, 6) is -0.844. The number of hydrogen-bond donors (Lipinski definition) is 1. The van der Waals surface area contributed by atoms with Crippen molar-refractivity contribution in [1.29, 1.82) is 0 Å². The molecule has 110 valence electrons. The second kappa shape index (κ2) is 8.35. The monoisotopic (exact) mass is 277 g/mol. The lowest BCUT2D eigenvalue weighted by Gasteiger charge is -2.29. The maximum atomic E-state index is 12.3. The number of aliphatic carboxylic acids is 1. The van der Waals surface area contributed by atoms with E-state index in [-0.39, 0.29) is 24.9 Å². The lowest BCUT2D eigenvalue weighted by atomic mass is 10.1. The van der Waals surface area contributed by atoms with E-state index < -0.39 is 5.97 Å². The van der Waals surface area contributed by atoms with Crippen molar-refractivity contribution < 1.29 is 14.7 Å². The molecule has 0 fully saturated rings. The highest BCUT2D eigenvalue weighted by molar-refractivity contribution is 5.77. The number of carboxylic acid groups (broad SMARTS) is 1. The van der Waals surface area contributed by atoms with E-state index in [1.807, 2.05) is 44.2 Å². The number of amides is 1. The fraction of sp³-hybridized carbons (Fsp3) is 0.500. The van der Waals surface area contributed by atoms with Crippen LogP contribution in [0.25, 0.3) is 0 Å². The number of carbonyl (C=O) groups excluding carboxylic acids is 1. The van der Waals surface area contributed by atoms with Crippen LogP contribution in [0.15, 0.2) is 30.3 Å². The molecule has 0 saturated carbocycles. The summed E-state index contributed by atoms with van der Waals surface area (Å²) in [7, 11) is 0. The van der Waals surface area contributed by atoms with Gasteiger partial charge in [0.1, 0.15) is 0 Å². The number of benzene rings is 1. The number of nitrogens with zero attached hydrogens (tertiary/aromatic N) is 1. The van der Waals surface area contributed by atoms with E-state index in [4.69, 9.17) is 5.11 Å². The predicted molar refractivity (Wildman–Crippen MR) is 78.3 cm³/mol. The van der Waals surface area contributed by atoms with Crippen LogP contribution in [0.4, 0.5) is 0 Å². The Morgan fingerprint density at radius 2 is 1.85 bits per heavy atom. The molecule has 0 spiro atoms. The zero-order valence-corrected chi connectivity index (χ0v) is 12.2. The third-order valence-electron chi connectivity index (χ3n) is 3.38. The van der Waals surface area contributed by atoms with Crippen LogP contribution in [-0.2, 0) is 9.59 Å². The molecule has 0 bridgehead atoms. The summed E-state index contributed by atoms with van der Waals surface area (Å²) < 4.78 is 0. The molecular weight excluding hydrogens is 254 g/mol. The summed E-state index contributed by atoms with van der Waals surface area (Å²) in [6.45, 7) is 4.24. The number of rotatable bonds is 8. The van der Waals surface area contributed by atoms with Gasteiger partial charge < -0.3 is 10.0 Å². The molecule has 0 aliphatic carbocycles. The van der Waals surface area contributed by atoms with Gasteiger partial charge in [0.2, 0.25) is 5.91 Å². The Morgan fingerprint density at radius 1 is 1.20 bits per heavy atom. The van der Waals surface area contributed by atoms with Gasteiger partial charge >= 0.3 is 5.97 Å². The van der Waals surface area contributed by atoms with Crippen molar-refractivity contribution in [3.8, 4) is 0 Å². The maximum absolute atomic E-state index is 12.3. The first kappa shape index (κ1) is 16.2. The largest absolute Gasteiger partial charge is 0.481 e. The van der Waals surface area contributed by atoms with Gasteiger partial charge in [-0.2, -0.15) is 0 Å². The predicted octanol–water partition coefficient (Wildman–Crippen LogP) is 3.24. The first-order valence-electron chi connectivity index (χ1n) is 7.12. The SMILES string of the molecule is CCCCC(=O)N(CCC(=O)O)C(C)c1ccccc1. The fourth-order valence-electron chi connectivity index (χ4n) is 2.13. The van der Waals surface area contributed by atoms with Crippen LogP contribution in [0.1, 0.15) is 51.1 Å². The smallest absolute Gasteiger partial charge is 0.305 e. The van der Waals surface area contributed by atoms with Crippen molar-refractivity contribution in [2.45, 2.75) is 45.6 Å². The molecule has 1 aromatic carbocycles. The molecule has 20 heavy (non-hydrogen) atoms. The van der Waals surface area contributed by atoms with Gasteiger partial charge in [0.25, 0.3) is 0 Å². The van der Waals surface area contributed by atoms with Crippen molar-refractivity contribution in [3.05, 3.63) is 35.9 Å². The van der Waals surface area contributed by atoms with Crippen LogP contribution in [0.2, 0.25) is 0 Å². The molecule has 1 rings (SSSR count). The van der Waals surface area contributed by atoms with E-state index >= 15 is 0 Å². The molecular formula is C16H23NO3. The molecule has 1 N–H and O–H groups in total. The lowest BCUT2D eigenvalue weighted by Crippen LogP contribution is -2.35. The van der Waals surface area contributed by atoms with E-state index in [9.17, 15) is 9.59 Å². The van der Waals surface area contributed by atoms with E-state index in [2.05, 4.69) is 0 Å². The van der Waals surface area contributed by atoms with Crippen molar-refractivity contribution in [2.75, 3.05) is 6.54 Å². The summed E-state index contributed by atoms with van der Waals surface area (Å²) in [6, 6.07) is 9.61. The Bertz CT molecular complexity index is 431. The molecule has 1 unspecified atom stereocenters. The van der Waals surface area contributed by atoms with Gasteiger partial charge in [0.15, 0.2) is 0 Å². The second-order valence-electron chi connectivity index (χ2n) is 4.92. The quantitative estimate of drug-likeness (QED) is 0.793. The van der Waals surface area contributed by atoms with E-state index in [1.165, 1.54) is 0 Å². The summed E-state index contributed by atoms with van der Waals surface area (Å²) in [5, 5.41) is 8.83. The molecule has 0 aliphatic heterocycles. The zero-order chi connectivity index (χ0) is 15.0. The summed E-state index contributed by atoms with van der Waals surface area (Å²) >= 11 is 0. The van der Waals surface area contributed by atoms with E-state index in [0.29, 0.717) is 6.42 Å². The first-order chi connectivity index (χ1) is 9.56. The molecule has 0 aliphatic rings. The zero-order valence-electron chi connectivity index (χ0n) is 12.2. The van der Waals surface area contributed by atoms with Crippen LogP contribution >= 0.6 is 0 Å². The molecule has 0 saturated heterocycles. The van der Waals surface area contributed by atoms with Gasteiger partial charge in [-0.1, -0.05) is 43.7 Å². The summed E-state index contributed by atoms with van der Waals surface area (Å²) in [5.41, 5.74) is 1.03. The number of unbranched alkanes of at least 4 members (excludes halogenated alkanes) is 1. The minimum absolute atomic E-state index is 0.0188. The molecule has 1 amide bonds. The van der Waals surface area contributed by atoms with Crippen LogP contribution in [0.5, 0.6) is 0 Å². The average Bonchev–Trinajstić information content (AvgIpc) is 2.45. The van der Waals surface area contributed by atoms with Crippen LogP contribution < -0.4 is 0 Å². The Labute approximate surface area is 120 Å². The molecule has 0 radical (unpaired) electrons. The van der Waals surface area contributed by atoms with Crippen molar-refractivity contribution in [2.24, 2.45) is 0 Å². The molecule has 4 nitrogen and oxygen atoms in total. The van der Waals surface area contributed by atoms with Gasteiger partial charge in [-0.15, -0.1) is 0 Å². The first-order valence-corrected chi connectivity index (χ1v) is 7.12. The lowest BCUT2D eigenvalue weighted by molar-refractivity contribution is -0.139. The van der Waals surface area contributed by atoms with E-state index in [1.54, 1.807) is 4.90 Å².